The lowest BCUT2D eigenvalue weighted by molar-refractivity contribution is 0.886. The maximum Gasteiger partial charge on any atom is 0.114 e. The Morgan fingerprint density at radius 3 is 2.29 bits per heavy atom. The van der Waals surface area contributed by atoms with Crippen LogP contribution < -0.4 is 0 Å². The summed E-state index contributed by atoms with van der Waals surface area (Å²) in [6, 6.07) is 13.2. The van der Waals surface area contributed by atoms with Crippen LogP contribution in [0.25, 0.3) is 10.8 Å². The molecule has 2 aromatic rings. The van der Waals surface area contributed by atoms with Gasteiger partial charge >= 0.3 is 0 Å². The van der Waals surface area contributed by atoms with Crippen molar-refractivity contribution in [2.45, 2.75) is 50.2 Å². The third-order valence-corrected chi connectivity index (χ3v) is 7.39. The van der Waals surface area contributed by atoms with Crippen LogP contribution in [0.4, 0.5) is 5.69 Å². The van der Waals surface area contributed by atoms with E-state index in [0.717, 1.165) is 0 Å². The molecule has 3 rings (SSSR count). The minimum atomic E-state index is -1.21. The van der Waals surface area contributed by atoms with Gasteiger partial charge in [-0.1, -0.05) is 43.9 Å². The van der Waals surface area contributed by atoms with Gasteiger partial charge in [0.15, 0.2) is 0 Å². The van der Waals surface area contributed by atoms with E-state index < -0.39 is 7.22 Å². The van der Waals surface area contributed by atoms with Gasteiger partial charge in [-0.2, -0.15) is 11.2 Å². The summed E-state index contributed by atoms with van der Waals surface area (Å²) in [7, 11) is -1.21. The topological polar surface area (TPSA) is 12.4 Å². The van der Waals surface area contributed by atoms with Gasteiger partial charge < -0.3 is 0 Å². The fourth-order valence-electron chi connectivity index (χ4n) is 2.86. The highest BCUT2D eigenvalue weighted by molar-refractivity contribution is 8.28. The van der Waals surface area contributed by atoms with Crippen molar-refractivity contribution in [2.75, 3.05) is 0 Å². The highest BCUT2D eigenvalue weighted by Crippen LogP contribution is 2.39. The van der Waals surface area contributed by atoms with Gasteiger partial charge in [0.1, 0.15) is 7.22 Å². The molecule has 0 bridgehead atoms. The van der Waals surface area contributed by atoms with Crippen molar-refractivity contribution in [2.24, 2.45) is 4.99 Å². The van der Waals surface area contributed by atoms with Crippen molar-refractivity contribution < 1.29 is 0 Å². The lowest BCUT2D eigenvalue weighted by atomic mass is 10.1. The SMILES string of the molecule is C[Si](C)(C)Sc1cccc2cccc(N=C3CCCC3)c12. The molecule has 1 fully saturated rings. The molecule has 1 saturated carbocycles. The Bertz CT molecular complexity index is 672. The molecular formula is C18H23NSSi. The molecule has 21 heavy (non-hydrogen) atoms. The van der Waals surface area contributed by atoms with Crippen molar-refractivity contribution in [3.63, 3.8) is 0 Å². The molecule has 110 valence electrons. The Morgan fingerprint density at radius 2 is 1.62 bits per heavy atom. The molecule has 0 aliphatic heterocycles. The molecule has 3 heteroatoms. The lowest BCUT2D eigenvalue weighted by Crippen LogP contribution is -2.13. The Kier molecular flexibility index (Phi) is 4.23. The Morgan fingerprint density at radius 1 is 0.952 bits per heavy atom. The van der Waals surface area contributed by atoms with Crippen LogP contribution in [0.15, 0.2) is 46.3 Å². The number of hydrogen-bond donors (Lipinski definition) is 0. The van der Waals surface area contributed by atoms with E-state index in [1.54, 1.807) is 0 Å². The predicted octanol–water partition coefficient (Wildman–Crippen LogP) is 6.41. The summed E-state index contributed by atoms with van der Waals surface area (Å²) in [6.45, 7) is 7.21. The summed E-state index contributed by atoms with van der Waals surface area (Å²) in [5.41, 5.74) is 2.56. The maximum atomic E-state index is 5.00. The van der Waals surface area contributed by atoms with E-state index in [4.69, 9.17) is 4.99 Å². The molecule has 0 amide bonds. The van der Waals surface area contributed by atoms with Crippen molar-refractivity contribution in [1.82, 2.24) is 0 Å². The molecule has 1 nitrogen and oxygen atoms in total. The minimum Gasteiger partial charge on any atom is -0.257 e. The molecule has 0 heterocycles. The van der Waals surface area contributed by atoms with Crippen LogP contribution in [0.3, 0.4) is 0 Å². The van der Waals surface area contributed by atoms with Crippen LogP contribution in [0.5, 0.6) is 0 Å². The summed E-state index contributed by atoms with van der Waals surface area (Å²) in [4.78, 5) is 6.40. The van der Waals surface area contributed by atoms with E-state index in [0.29, 0.717) is 0 Å². The molecule has 0 atom stereocenters. The Balaban J connectivity index is 2.13. The zero-order chi connectivity index (χ0) is 14.9. The van der Waals surface area contributed by atoms with Gasteiger partial charge in [-0.25, -0.2) is 0 Å². The van der Waals surface area contributed by atoms with E-state index in [-0.39, 0.29) is 0 Å². The van der Waals surface area contributed by atoms with Crippen LogP contribution >= 0.6 is 11.2 Å². The molecule has 0 aromatic heterocycles. The van der Waals surface area contributed by atoms with Gasteiger partial charge in [0.2, 0.25) is 0 Å². The van der Waals surface area contributed by atoms with Gasteiger partial charge in [0, 0.05) is 16.0 Å². The second-order valence-electron chi connectivity index (χ2n) is 6.73. The molecule has 0 N–H and O–H groups in total. The Labute approximate surface area is 132 Å². The second kappa shape index (κ2) is 5.97. The van der Waals surface area contributed by atoms with Gasteiger partial charge in [-0.3, -0.25) is 4.99 Å². The highest BCUT2D eigenvalue weighted by atomic mass is 32.4. The number of fused-ring (bicyclic) bond motifs is 1. The van der Waals surface area contributed by atoms with Crippen molar-refractivity contribution in [3.8, 4) is 0 Å². The number of benzene rings is 2. The molecule has 0 radical (unpaired) electrons. The smallest absolute Gasteiger partial charge is 0.114 e. The average Bonchev–Trinajstić information content (AvgIpc) is 2.90. The number of nitrogens with zero attached hydrogens (tertiary/aromatic N) is 1. The quantitative estimate of drug-likeness (QED) is 0.596. The summed E-state index contributed by atoms with van der Waals surface area (Å²) < 4.78 is 0. The summed E-state index contributed by atoms with van der Waals surface area (Å²) in [5.74, 6) is 0. The molecule has 0 spiro atoms. The fourth-order valence-corrected chi connectivity index (χ4v) is 6.48. The Hall–Kier alpha value is -1.06. The molecule has 0 unspecified atom stereocenters. The third kappa shape index (κ3) is 3.58. The van der Waals surface area contributed by atoms with Gasteiger partial charge in [-0.15, -0.1) is 0 Å². The first-order valence-corrected chi connectivity index (χ1v) is 12.8. The maximum absolute atomic E-state index is 5.00. The van der Waals surface area contributed by atoms with E-state index in [2.05, 4.69) is 67.3 Å². The largest absolute Gasteiger partial charge is 0.257 e. The molecular weight excluding hydrogens is 290 g/mol. The number of aliphatic imine (C=N–C) groups is 1. The van der Waals surface area contributed by atoms with E-state index in [1.165, 1.54) is 52.8 Å². The monoisotopic (exact) mass is 313 g/mol. The van der Waals surface area contributed by atoms with Gasteiger partial charge in [0.25, 0.3) is 0 Å². The zero-order valence-electron chi connectivity index (χ0n) is 13.1. The van der Waals surface area contributed by atoms with Crippen LogP contribution in [0.2, 0.25) is 19.6 Å². The van der Waals surface area contributed by atoms with Crippen molar-refractivity contribution in [3.05, 3.63) is 36.4 Å². The summed E-state index contributed by atoms with van der Waals surface area (Å²) >= 11 is 2.07. The molecule has 1 aliphatic carbocycles. The van der Waals surface area contributed by atoms with E-state index in [1.807, 2.05) is 0 Å². The minimum absolute atomic E-state index is 1.17. The summed E-state index contributed by atoms with van der Waals surface area (Å²) in [5, 5.41) is 2.67. The fraction of sp³-hybridized carbons (Fsp3) is 0.389. The normalized spacial score (nSPS) is 15.7. The molecule has 1 aliphatic rings. The summed E-state index contributed by atoms with van der Waals surface area (Å²) in [6.07, 6.45) is 4.97. The average molecular weight is 314 g/mol. The van der Waals surface area contributed by atoms with Gasteiger partial charge in [-0.05, 0) is 43.2 Å². The van der Waals surface area contributed by atoms with Crippen molar-refractivity contribution in [1.29, 1.82) is 0 Å². The second-order valence-corrected chi connectivity index (χ2v) is 15.9. The first-order chi connectivity index (χ1) is 10.0. The predicted molar refractivity (Wildman–Crippen MR) is 98.7 cm³/mol. The molecule has 0 saturated heterocycles. The first kappa shape index (κ1) is 14.9. The standard InChI is InChI=1S/C18H23NSSi/c1-21(2,3)20-17-13-7-9-14-8-6-12-16(18(14)17)19-15-10-4-5-11-15/h6-9,12-13H,4-5,10-11H2,1-3H3. The first-order valence-electron chi connectivity index (χ1n) is 7.80. The van der Waals surface area contributed by atoms with E-state index >= 15 is 0 Å². The number of hydrogen-bond acceptors (Lipinski definition) is 2. The number of rotatable bonds is 3. The van der Waals surface area contributed by atoms with Crippen LogP contribution in [0.1, 0.15) is 25.7 Å². The van der Waals surface area contributed by atoms with E-state index in [9.17, 15) is 0 Å². The molecule has 2 aromatic carbocycles. The van der Waals surface area contributed by atoms with Crippen LogP contribution in [-0.4, -0.2) is 12.9 Å². The van der Waals surface area contributed by atoms with Gasteiger partial charge in [0.05, 0.1) is 5.69 Å². The van der Waals surface area contributed by atoms with Crippen LogP contribution in [-0.2, 0) is 0 Å². The highest BCUT2D eigenvalue weighted by Gasteiger charge is 2.18. The van der Waals surface area contributed by atoms with Crippen LogP contribution in [0, 0.1) is 0 Å². The van der Waals surface area contributed by atoms with Crippen molar-refractivity contribution >= 4 is 40.6 Å². The third-order valence-electron chi connectivity index (χ3n) is 3.72. The zero-order valence-corrected chi connectivity index (χ0v) is 15.0. The lowest BCUT2D eigenvalue weighted by Gasteiger charge is -2.17.